The van der Waals surface area contributed by atoms with Gasteiger partial charge in [-0.3, -0.25) is 9.36 Å². The highest BCUT2D eigenvalue weighted by Gasteiger charge is 2.23. The van der Waals surface area contributed by atoms with Crippen molar-refractivity contribution in [3.05, 3.63) is 48.6 Å². The fourth-order valence-corrected chi connectivity index (χ4v) is 9.32. The van der Waals surface area contributed by atoms with E-state index in [4.69, 9.17) is 9.05 Å². The molecule has 69 heavy (non-hydrogen) atoms. The van der Waals surface area contributed by atoms with Gasteiger partial charge in [0.2, 0.25) is 5.91 Å². The molecule has 0 aromatic carbocycles. The summed E-state index contributed by atoms with van der Waals surface area (Å²) < 4.78 is 23.3. The molecule has 0 fully saturated rings. The summed E-state index contributed by atoms with van der Waals surface area (Å²) in [5.41, 5.74) is 0. The van der Waals surface area contributed by atoms with E-state index in [1.165, 1.54) is 212 Å². The molecule has 0 rings (SSSR count). The number of allylic oxidation sites excluding steroid dienone is 7. The van der Waals surface area contributed by atoms with E-state index in [1.54, 1.807) is 6.08 Å². The predicted molar refractivity (Wildman–Crippen MR) is 298 cm³/mol. The van der Waals surface area contributed by atoms with Crippen molar-refractivity contribution >= 4 is 13.7 Å². The van der Waals surface area contributed by atoms with Gasteiger partial charge < -0.3 is 28.8 Å². The fourth-order valence-electron chi connectivity index (χ4n) is 8.59. The first kappa shape index (κ1) is 67.5. The average Bonchev–Trinajstić information content (AvgIpc) is 3.31. The number of rotatable bonds is 54. The minimum atomic E-state index is -4.61. The van der Waals surface area contributed by atoms with E-state index in [2.05, 4.69) is 55.6 Å². The summed E-state index contributed by atoms with van der Waals surface area (Å²) in [4.78, 5) is 25.5. The number of carbonyl (C=O) groups excluding carboxylic acids is 1. The van der Waals surface area contributed by atoms with Gasteiger partial charge in [-0.1, -0.05) is 249 Å². The lowest BCUT2D eigenvalue weighted by Gasteiger charge is -2.29. The summed E-state index contributed by atoms with van der Waals surface area (Å²) >= 11 is 0. The topological polar surface area (TPSA) is 108 Å². The molecule has 2 N–H and O–H groups in total. The lowest BCUT2D eigenvalue weighted by Crippen LogP contribution is -2.45. The maximum absolute atomic E-state index is 12.9. The molecule has 9 heteroatoms. The fraction of sp³-hybridized carbons (Fsp3) is 0.850. The molecule has 3 atom stereocenters. The van der Waals surface area contributed by atoms with E-state index in [9.17, 15) is 19.4 Å². The number of aliphatic hydroxyl groups excluding tert-OH is 1. The maximum Gasteiger partial charge on any atom is 0.268 e. The number of nitrogens with zero attached hydrogens (tertiary/aromatic N) is 1. The first-order valence-electron chi connectivity index (χ1n) is 29.5. The van der Waals surface area contributed by atoms with Gasteiger partial charge in [0, 0.05) is 6.42 Å². The number of aliphatic hydroxyl groups is 1. The standard InChI is InChI=1S/C60H115N2O6P/c1-6-8-10-12-14-16-18-20-22-24-26-27-28-29-30-31-32-33-34-36-37-39-41-43-45-47-49-51-53-59(63)58(57-68-69(65,66)67-56-55-62(3,4)5)61-60(64)54-52-50-48-46-44-42-40-38-35-25-23-21-19-17-15-13-11-9-7-2/h21,23,36-37,43,45,51,53,58-59,63H,6-20,22,24-35,38-42,44,46-50,52,54-57H2,1-5H3,(H-,61,64,65,66)/b23-21-,37-36+,45-43+,53-51+. The van der Waals surface area contributed by atoms with Crippen molar-refractivity contribution in [2.24, 2.45) is 0 Å². The molecule has 0 aliphatic rings. The highest BCUT2D eigenvalue weighted by Crippen LogP contribution is 2.38. The van der Waals surface area contributed by atoms with Gasteiger partial charge in [0.1, 0.15) is 13.2 Å². The molecule has 0 aromatic heterocycles. The second-order valence-corrected chi connectivity index (χ2v) is 22.7. The van der Waals surface area contributed by atoms with E-state index in [0.29, 0.717) is 17.4 Å². The third kappa shape index (κ3) is 54.1. The van der Waals surface area contributed by atoms with E-state index >= 15 is 0 Å². The molecule has 0 spiro atoms. The average molecular weight is 992 g/mol. The number of phosphoric acid groups is 1. The number of quaternary nitrogens is 1. The van der Waals surface area contributed by atoms with Crippen LogP contribution in [0, 0.1) is 0 Å². The largest absolute Gasteiger partial charge is 0.756 e. The van der Waals surface area contributed by atoms with Crippen molar-refractivity contribution in [3.8, 4) is 0 Å². The Morgan fingerprint density at radius 1 is 0.493 bits per heavy atom. The SMILES string of the molecule is CCCCCCCC/C=C\CCCCCCCCCCCC(=O)NC(COP(=O)([O-])OCC[N+](C)(C)C)C(O)/C=C/CC/C=C/CC/C=C/CCCCCCCCCCCCCCCCCCCC. The summed E-state index contributed by atoms with van der Waals surface area (Å²) in [5, 5.41) is 13.9. The van der Waals surface area contributed by atoms with Crippen molar-refractivity contribution in [2.75, 3.05) is 40.9 Å². The van der Waals surface area contributed by atoms with E-state index in [0.717, 1.165) is 44.9 Å². The Hall–Kier alpha value is -1.54. The Morgan fingerprint density at radius 3 is 1.17 bits per heavy atom. The maximum atomic E-state index is 12.9. The van der Waals surface area contributed by atoms with Crippen LogP contribution in [0.2, 0.25) is 0 Å². The summed E-state index contributed by atoms with van der Waals surface area (Å²) in [6.45, 7) is 4.64. The number of likely N-dealkylation sites (N-methyl/N-ethyl adjacent to an activating group) is 1. The lowest BCUT2D eigenvalue weighted by atomic mass is 10.0. The first-order chi connectivity index (χ1) is 33.5. The van der Waals surface area contributed by atoms with Crippen molar-refractivity contribution in [1.29, 1.82) is 0 Å². The first-order valence-corrected chi connectivity index (χ1v) is 31.0. The van der Waals surface area contributed by atoms with Crippen molar-refractivity contribution in [1.82, 2.24) is 5.32 Å². The molecule has 0 aliphatic carbocycles. The van der Waals surface area contributed by atoms with Crippen LogP contribution in [0.25, 0.3) is 0 Å². The van der Waals surface area contributed by atoms with Crippen molar-refractivity contribution in [2.45, 2.75) is 289 Å². The highest BCUT2D eigenvalue weighted by atomic mass is 31.2. The summed E-state index contributed by atoms with van der Waals surface area (Å²) in [6.07, 6.45) is 67.7. The second-order valence-electron chi connectivity index (χ2n) is 21.3. The highest BCUT2D eigenvalue weighted by molar-refractivity contribution is 7.45. The Kier molecular flexibility index (Phi) is 50.2. The van der Waals surface area contributed by atoms with Crippen LogP contribution in [0.15, 0.2) is 48.6 Å². The van der Waals surface area contributed by atoms with Crippen LogP contribution in [0.5, 0.6) is 0 Å². The molecule has 1 amide bonds. The monoisotopic (exact) mass is 991 g/mol. The zero-order valence-electron chi connectivity index (χ0n) is 46.3. The number of phosphoric ester groups is 1. The summed E-state index contributed by atoms with van der Waals surface area (Å²) in [6, 6.07) is -0.912. The molecule has 8 nitrogen and oxygen atoms in total. The van der Waals surface area contributed by atoms with Crippen LogP contribution in [0.1, 0.15) is 277 Å². The lowest BCUT2D eigenvalue weighted by molar-refractivity contribution is -0.870. The van der Waals surface area contributed by atoms with Crippen LogP contribution in [-0.4, -0.2) is 68.5 Å². The quantitative estimate of drug-likeness (QED) is 0.0272. The second kappa shape index (κ2) is 51.4. The van der Waals surface area contributed by atoms with Crippen LogP contribution in [-0.2, 0) is 18.4 Å². The Bertz CT molecular complexity index is 1260. The Morgan fingerprint density at radius 2 is 0.812 bits per heavy atom. The minimum Gasteiger partial charge on any atom is -0.756 e. The van der Waals surface area contributed by atoms with Gasteiger partial charge in [0.05, 0.1) is 39.9 Å². The van der Waals surface area contributed by atoms with Crippen LogP contribution in [0.4, 0.5) is 0 Å². The normalized spacial score (nSPS) is 14.2. The van der Waals surface area contributed by atoms with Crippen molar-refractivity contribution in [3.63, 3.8) is 0 Å². The molecular formula is C60H115N2O6P. The smallest absolute Gasteiger partial charge is 0.268 e. The minimum absolute atomic E-state index is 0.00973. The number of hydrogen-bond donors (Lipinski definition) is 2. The molecule has 0 bridgehead atoms. The van der Waals surface area contributed by atoms with E-state index in [1.807, 2.05) is 27.2 Å². The van der Waals surface area contributed by atoms with Crippen LogP contribution < -0.4 is 10.2 Å². The summed E-state index contributed by atoms with van der Waals surface area (Å²) in [7, 11) is 1.24. The van der Waals surface area contributed by atoms with Gasteiger partial charge in [-0.05, 0) is 70.6 Å². The zero-order chi connectivity index (χ0) is 50.6. The molecule has 0 saturated heterocycles. The molecule has 0 aliphatic heterocycles. The Labute approximate surface area is 429 Å². The van der Waals surface area contributed by atoms with Gasteiger partial charge in [0.25, 0.3) is 7.82 Å². The molecule has 406 valence electrons. The molecule has 0 heterocycles. The van der Waals surface area contributed by atoms with Crippen LogP contribution >= 0.6 is 7.82 Å². The number of nitrogens with one attached hydrogen (secondary N) is 1. The van der Waals surface area contributed by atoms with Gasteiger partial charge in [-0.2, -0.15) is 0 Å². The number of carbonyl (C=O) groups is 1. The number of hydrogen-bond acceptors (Lipinski definition) is 6. The molecule has 0 aromatic rings. The van der Waals surface area contributed by atoms with E-state index in [-0.39, 0.29) is 12.5 Å². The third-order valence-corrected chi connectivity index (χ3v) is 14.2. The molecular weight excluding hydrogens is 876 g/mol. The van der Waals surface area contributed by atoms with Gasteiger partial charge >= 0.3 is 0 Å². The zero-order valence-corrected chi connectivity index (χ0v) is 47.2. The van der Waals surface area contributed by atoms with Crippen molar-refractivity contribution < 1.29 is 32.9 Å². The third-order valence-electron chi connectivity index (χ3n) is 13.2. The van der Waals surface area contributed by atoms with E-state index < -0.39 is 26.6 Å². The van der Waals surface area contributed by atoms with Gasteiger partial charge in [0.15, 0.2) is 0 Å². The van der Waals surface area contributed by atoms with Crippen LogP contribution in [0.3, 0.4) is 0 Å². The van der Waals surface area contributed by atoms with Gasteiger partial charge in [-0.25, -0.2) is 0 Å². The van der Waals surface area contributed by atoms with Gasteiger partial charge in [-0.15, -0.1) is 0 Å². The summed E-state index contributed by atoms with van der Waals surface area (Å²) in [5.74, 6) is -0.212. The molecule has 0 radical (unpaired) electrons. The Balaban J connectivity index is 4.25. The predicted octanol–water partition coefficient (Wildman–Crippen LogP) is 17.3. The molecule has 0 saturated carbocycles. The molecule has 3 unspecified atom stereocenters. The number of unbranched alkanes of at least 4 members (excludes halogenated alkanes) is 35. The number of amides is 1.